The van der Waals surface area contributed by atoms with Gasteiger partial charge in [-0.05, 0) is 24.3 Å². The molecule has 3 heterocycles. The number of H-pyrrole nitrogens is 1. The maximum absolute atomic E-state index is 11.8. The minimum atomic E-state index is -0.346. The average molecular weight is 306 g/mol. The number of hydrogen-bond donors (Lipinski definition) is 1. The number of methoxy groups -OCH3 is 1. The third-order valence-electron chi connectivity index (χ3n) is 3.96. The molecule has 1 N–H and O–H groups in total. The van der Waals surface area contributed by atoms with Crippen molar-refractivity contribution in [3.63, 3.8) is 0 Å². The van der Waals surface area contributed by atoms with Crippen molar-refractivity contribution in [1.82, 2.24) is 19.5 Å². The summed E-state index contributed by atoms with van der Waals surface area (Å²) in [5.41, 5.74) is 5.02. The number of hydrogen-bond acceptors (Lipinski definition) is 4. The normalized spacial score (nSPS) is 11.2. The molecule has 0 atom stereocenters. The van der Waals surface area contributed by atoms with Gasteiger partial charge >= 0.3 is 5.97 Å². The summed E-state index contributed by atoms with van der Waals surface area (Å²) < 4.78 is 6.84. The summed E-state index contributed by atoms with van der Waals surface area (Å²) in [7, 11) is 3.36. The van der Waals surface area contributed by atoms with Gasteiger partial charge in [0.25, 0.3) is 0 Å². The summed E-state index contributed by atoms with van der Waals surface area (Å²) in [6.07, 6.45) is 5.34. The van der Waals surface area contributed by atoms with E-state index < -0.39 is 0 Å². The number of carbonyl (C=O) groups is 1. The molecule has 4 rings (SSSR count). The number of aryl methyl sites for hydroxylation is 1. The van der Waals surface area contributed by atoms with Gasteiger partial charge in [0.15, 0.2) is 5.65 Å². The highest BCUT2D eigenvalue weighted by atomic mass is 16.5. The van der Waals surface area contributed by atoms with Gasteiger partial charge in [0.05, 0.1) is 18.4 Å². The molecular formula is C17H14N4O2. The molecule has 6 nitrogen and oxygen atoms in total. The van der Waals surface area contributed by atoms with Crippen LogP contribution < -0.4 is 0 Å². The molecular weight excluding hydrogens is 292 g/mol. The number of rotatable bonds is 2. The molecule has 6 heteroatoms. The van der Waals surface area contributed by atoms with Crippen LogP contribution in [0.4, 0.5) is 0 Å². The zero-order chi connectivity index (χ0) is 16.0. The molecule has 4 aromatic rings. The third-order valence-corrected chi connectivity index (χ3v) is 3.96. The van der Waals surface area contributed by atoms with Gasteiger partial charge in [-0.15, -0.1) is 0 Å². The summed E-state index contributed by atoms with van der Waals surface area (Å²) in [6.45, 7) is 0. The van der Waals surface area contributed by atoms with E-state index in [-0.39, 0.29) is 5.97 Å². The lowest BCUT2D eigenvalue weighted by molar-refractivity contribution is 0.0601. The molecule has 23 heavy (non-hydrogen) atoms. The fourth-order valence-electron chi connectivity index (χ4n) is 2.85. The second-order valence-electron chi connectivity index (χ2n) is 5.35. The molecule has 0 saturated carbocycles. The lowest BCUT2D eigenvalue weighted by Gasteiger charge is -2.01. The first-order valence-corrected chi connectivity index (χ1v) is 7.15. The second-order valence-corrected chi connectivity index (χ2v) is 5.35. The maximum Gasteiger partial charge on any atom is 0.337 e. The van der Waals surface area contributed by atoms with Crippen molar-refractivity contribution in [2.24, 2.45) is 7.05 Å². The Hall–Kier alpha value is -3.15. The Kier molecular flexibility index (Phi) is 2.90. The minimum absolute atomic E-state index is 0.346. The maximum atomic E-state index is 11.8. The van der Waals surface area contributed by atoms with Gasteiger partial charge in [0.1, 0.15) is 5.52 Å². The summed E-state index contributed by atoms with van der Waals surface area (Å²) >= 11 is 0. The molecule has 0 fully saturated rings. The number of carbonyl (C=O) groups excluding carboxylic acids is 1. The fourth-order valence-corrected chi connectivity index (χ4v) is 2.85. The number of nitrogens with zero attached hydrogens (tertiary/aromatic N) is 3. The van der Waals surface area contributed by atoms with Crippen molar-refractivity contribution in [2.45, 2.75) is 0 Å². The number of ether oxygens (including phenoxy) is 1. The number of aromatic nitrogens is 4. The van der Waals surface area contributed by atoms with Gasteiger partial charge in [-0.1, -0.05) is 0 Å². The van der Waals surface area contributed by atoms with Crippen molar-refractivity contribution in [2.75, 3.05) is 7.11 Å². The summed E-state index contributed by atoms with van der Waals surface area (Å²) in [5.74, 6) is -0.346. The fraction of sp³-hybridized carbons (Fsp3) is 0.118. The number of nitrogens with one attached hydrogen (secondary N) is 1. The Morgan fingerprint density at radius 3 is 2.83 bits per heavy atom. The molecule has 0 unspecified atom stereocenters. The van der Waals surface area contributed by atoms with Crippen molar-refractivity contribution in [3.8, 4) is 11.3 Å². The van der Waals surface area contributed by atoms with Crippen LogP contribution in [0.2, 0.25) is 0 Å². The topological polar surface area (TPSA) is 72.8 Å². The monoisotopic (exact) mass is 306 g/mol. The molecule has 0 saturated heterocycles. The SMILES string of the molecule is COC(=O)c1ccc2c(c1)c(-c1cc3nccnc3[nH]1)cn2C. The third kappa shape index (κ3) is 2.07. The van der Waals surface area contributed by atoms with Gasteiger partial charge in [0, 0.05) is 42.1 Å². The number of esters is 1. The van der Waals surface area contributed by atoms with E-state index in [4.69, 9.17) is 4.74 Å². The van der Waals surface area contributed by atoms with E-state index in [0.717, 1.165) is 33.3 Å². The Labute approximate surface area is 131 Å². The molecule has 0 aliphatic carbocycles. The van der Waals surface area contributed by atoms with Crippen LogP contribution in [-0.2, 0) is 11.8 Å². The highest BCUT2D eigenvalue weighted by Gasteiger charge is 2.14. The zero-order valence-electron chi connectivity index (χ0n) is 12.7. The van der Waals surface area contributed by atoms with Crippen LogP contribution in [0.1, 0.15) is 10.4 Å². The van der Waals surface area contributed by atoms with E-state index in [9.17, 15) is 4.79 Å². The van der Waals surface area contributed by atoms with E-state index >= 15 is 0 Å². The molecule has 0 bridgehead atoms. The van der Waals surface area contributed by atoms with Crippen LogP contribution in [0, 0.1) is 0 Å². The van der Waals surface area contributed by atoms with Crippen LogP contribution >= 0.6 is 0 Å². The predicted octanol–water partition coefficient (Wildman–Crippen LogP) is 2.90. The summed E-state index contributed by atoms with van der Waals surface area (Å²) in [6, 6.07) is 7.50. The first kappa shape index (κ1) is 13.5. The summed E-state index contributed by atoms with van der Waals surface area (Å²) in [5, 5.41) is 0.974. The van der Waals surface area contributed by atoms with Crippen LogP contribution in [-0.4, -0.2) is 32.6 Å². The van der Waals surface area contributed by atoms with E-state index in [1.165, 1.54) is 7.11 Å². The lowest BCUT2D eigenvalue weighted by Crippen LogP contribution is -2.00. The van der Waals surface area contributed by atoms with Crippen LogP contribution in [0.5, 0.6) is 0 Å². The van der Waals surface area contributed by atoms with Crippen molar-refractivity contribution in [1.29, 1.82) is 0 Å². The number of aromatic amines is 1. The van der Waals surface area contributed by atoms with E-state index in [2.05, 4.69) is 15.0 Å². The first-order valence-electron chi connectivity index (χ1n) is 7.15. The van der Waals surface area contributed by atoms with E-state index in [0.29, 0.717) is 5.56 Å². The van der Waals surface area contributed by atoms with Gasteiger partial charge < -0.3 is 14.3 Å². The van der Waals surface area contributed by atoms with Gasteiger partial charge in [0.2, 0.25) is 0 Å². The second kappa shape index (κ2) is 4.95. The number of benzene rings is 1. The molecule has 0 aliphatic rings. The highest BCUT2D eigenvalue weighted by Crippen LogP contribution is 2.31. The average Bonchev–Trinajstić information content (AvgIpc) is 3.15. The zero-order valence-corrected chi connectivity index (χ0v) is 12.7. The Bertz CT molecular complexity index is 1010. The van der Waals surface area contributed by atoms with Crippen LogP contribution in [0.3, 0.4) is 0 Å². The molecule has 0 radical (unpaired) electrons. The standard InChI is InChI=1S/C17H14N4O2/c1-21-9-12(13-8-14-16(20-13)19-6-5-18-14)11-7-10(17(22)23-2)3-4-15(11)21/h3-9H,1-2H3,(H,19,20). The quantitative estimate of drug-likeness (QED) is 0.578. The van der Waals surface area contributed by atoms with Gasteiger partial charge in [-0.2, -0.15) is 0 Å². The van der Waals surface area contributed by atoms with Crippen LogP contribution in [0.25, 0.3) is 33.3 Å². The molecule has 1 aromatic carbocycles. The van der Waals surface area contributed by atoms with Crippen LogP contribution in [0.15, 0.2) is 42.9 Å². The predicted molar refractivity (Wildman–Crippen MR) is 87.1 cm³/mol. The van der Waals surface area contributed by atoms with E-state index in [1.54, 1.807) is 18.5 Å². The van der Waals surface area contributed by atoms with E-state index in [1.807, 2.05) is 36.0 Å². The Balaban J connectivity index is 1.96. The van der Waals surface area contributed by atoms with Crippen molar-refractivity contribution < 1.29 is 9.53 Å². The number of fused-ring (bicyclic) bond motifs is 2. The smallest absolute Gasteiger partial charge is 0.337 e. The highest BCUT2D eigenvalue weighted by molar-refractivity contribution is 6.01. The molecule has 114 valence electrons. The van der Waals surface area contributed by atoms with Gasteiger partial charge in [-0.3, -0.25) is 4.98 Å². The lowest BCUT2D eigenvalue weighted by atomic mass is 10.1. The van der Waals surface area contributed by atoms with Crippen molar-refractivity contribution >= 4 is 28.0 Å². The molecule has 0 spiro atoms. The minimum Gasteiger partial charge on any atom is -0.465 e. The Morgan fingerprint density at radius 1 is 1.22 bits per heavy atom. The largest absolute Gasteiger partial charge is 0.465 e. The molecule has 0 amide bonds. The van der Waals surface area contributed by atoms with Gasteiger partial charge in [-0.25, -0.2) is 9.78 Å². The molecule has 0 aliphatic heterocycles. The van der Waals surface area contributed by atoms with Crippen molar-refractivity contribution in [3.05, 3.63) is 48.4 Å². The summed E-state index contributed by atoms with van der Waals surface area (Å²) in [4.78, 5) is 23.6. The first-order chi connectivity index (χ1) is 11.2. The Morgan fingerprint density at radius 2 is 2.04 bits per heavy atom. The molecule has 3 aromatic heterocycles.